The normalized spacial score (nSPS) is 10.0. The Balaban J connectivity index is 2.48. The second-order valence-electron chi connectivity index (χ2n) is 4.04. The van der Waals surface area contributed by atoms with Crippen LogP contribution in [0.3, 0.4) is 0 Å². The van der Waals surface area contributed by atoms with Gasteiger partial charge in [-0.25, -0.2) is 4.98 Å². The van der Waals surface area contributed by atoms with E-state index in [9.17, 15) is 4.79 Å². The fraction of sp³-hybridized carbons (Fsp3) is 0.214. The number of anilines is 1. The molecule has 0 fully saturated rings. The molecule has 0 N–H and O–H groups in total. The van der Waals surface area contributed by atoms with Crippen LogP contribution in [-0.2, 0) is 0 Å². The van der Waals surface area contributed by atoms with Gasteiger partial charge in [0.05, 0.1) is 23.6 Å². The van der Waals surface area contributed by atoms with Crippen LogP contribution in [0, 0.1) is 11.3 Å². The molecule has 2 rings (SSSR count). The minimum atomic E-state index is 0.406. The van der Waals surface area contributed by atoms with Crippen LogP contribution in [0.4, 0.5) is 5.82 Å². The van der Waals surface area contributed by atoms with Crippen LogP contribution < -0.4 is 4.90 Å². The summed E-state index contributed by atoms with van der Waals surface area (Å²) in [7, 11) is 1.83. The molecular weight excluding hydrogens is 226 g/mol. The summed E-state index contributed by atoms with van der Waals surface area (Å²) in [5.41, 5.74) is 1.40. The molecule has 0 amide bonds. The minimum Gasteiger partial charge on any atom is -0.358 e. The van der Waals surface area contributed by atoms with Gasteiger partial charge in [0.25, 0.3) is 0 Å². The second-order valence-corrected chi connectivity index (χ2v) is 4.04. The van der Waals surface area contributed by atoms with Crippen molar-refractivity contribution in [3.8, 4) is 6.07 Å². The quantitative estimate of drug-likeness (QED) is 0.769. The number of hydrogen-bond donors (Lipinski definition) is 0. The van der Waals surface area contributed by atoms with Gasteiger partial charge in [-0.2, -0.15) is 5.26 Å². The van der Waals surface area contributed by atoms with E-state index in [0.717, 1.165) is 17.2 Å². The number of nitrogens with zero attached hydrogens (tertiary/aromatic N) is 3. The molecular formula is C14H13N3O. The Labute approximate surface area is 105 Å². The second kappa shape index (κ2) is 5.28. The van der Waals surface area contributed by atoms with Crippen molar-refractivity contribution in [2.45, 2.75) is 6.42 Å². The molecule has 1 heterocycles. The molecule has 1 aromatic carbocycles. The Kier molecular flexibility index (Phi) is 3.54. The first-order chi connectivity index (χ1) is 8.76. The van der Waals surface area contributed by atoms with E-state index in [1.807, 2.05) is 42.3 Å². The molecule has 0 bridgehead atoms. The molecule has 1 aromatic heterocycles. The molecule has 90 valence electrons. The molecule has 0 unspecified atom stereocenters. The highest BCUT2D eigenvalue weighted by Crippen LogP contribution is 2.21. The third-order valence-electron chi connectivity index (χ3n) is 2.78. The summed E-state index contributed by atoms with van der Waals surface area (Å²) in [6, 6.07) is 11.6. The molecule has 0 saturated heterocycles. The van der Waals surface area contributed by atoms with Crippen molar-refractivity contribution in [1.29, 1.82) is 5.26 Å². The first-order valence-corrected chi connectivity index (χ1v) is 5.69. The Morgan fingerprint density at radius 2 is 2.22 bits per heavy atom. The van der Waals surface area contributed by atoms with Gasteiger partial charge in [0, 0.05) is 19.0 Å². The number of aldehydes is 1. The molecule has 0 aliphatic rings. The number of nitriles is 1. The van der Waals surface area contributed by atoms with Gasteiger partial charge in [-0.3, -0.25) is 4.79 Å². The lowest BCUT2D eigenvalue weighted by atomic mass is 10.1. The predicted molar refractivity (Wildman–Crippen MR) is 70.6 cm³/mol. The van der Waals surface area contributed by atoms with E-state index >= 15 is 0 Å². The van der Waals surface area contributed by atoms with Gasteiger partial charge in [-0.15, -0.1) is 0 Å². The highest BCUT2D eigenvalue weighted by Gasteiger charge is 2.10. The van der Waals surface area contributed by atoms with Crippen molar-refractivity contribution >= 4 is 23.0 Å². The van der Waals surface area contributed by atoms with Crippen molar-refractivity contribution in [3.63, 3.8) is 0 Å². The number of carbonyl (C=O) groups excluding carboxylic acids is 1. The SMILES string of the molecule is CN(CCC#N)c1nc2ccccc2cc1C=O. The summed E-state index contributed by atoms with van der Waals surface area (Å²) in [5.74, 6) is 0.624. The van der Waals surface area contributed by atoms with Gasteiger partial charge in [-0.1, -0.05) is 18.2 Å². The van der Waals surface area contributed by atoms with Gasteiger partial charge in [0.15, 0.2) is 6.29 Å². The lowest BCUT2D eigenvalue weighted by molar-refractivity contribution is 0.112. The summed E-state index contributed by atoms with van der Waals surface area (Å²) < 4.78 is 0. The van der Waals surface area contributed by atoms with Crippen LogP contribution in [0.15, 0.2) is 30.3 Å². The molecule has 18 heavy (non-hydrogen) atoms. The number of fused-ring (bicyclic) bond motifs is 1. The van der Waals surface area contributed by atoms with E-state index in [1.54, 1.807) is 0 Å². The van der Waals surface area contributed by atoms with Gasteiger partial charge in [0.1, 0.15) is 5.82 Å². The molecule has 0 aliphatic carbocycles. The van der Waals surface area contributed by atoms with E-state index in [2.05, 4.69) is 11.1 Å². The number of carbonyl (C=O) groups is 1. The predicted octanol–water partition coefficient (Wildman–Crippen LogP) is 2.40. The van der Waals surface area contributed by atoms with E-state index in [-0.39, 0.29) is 0 Å². The average molecular weight is 239 g/mol. The zero-order chi connectivity index (χ0) is 13.0. The summed E-state index contributed by atoms with van der Waals surface area (Å²) >= 11 is 0. The number of para-hydroxylation sites is 1. The zero-order valence-electron chi connectivity index (χ0n) is 10.1. The fourth-order valence-corrected chi connectivity index (χ4v) is 1.84. The average Bonchev–Trinajstić information content (AvgIpc) is 2.43. The first-order valence-electron chi connectivity index (χ1n) is 5.69. The van der Waals surface area contributed by atoms with Crippen molar-refractivity contribution in [2.24, 2.45) is 0 Å². The Hall–Kier alpha value is -2.41. The van der Waals surface area contributed by atoms with Gasteiger partial charge in [-0.05, 0) is 12.1 Å². The highest BCUT2D eigenvalue weighted by atomic mass is 16.1. The third kappa shape index (κ3) is 2.30. The Morgan fingerprint density at radius 1 is 1.44 bits per heavy atom. The largest absolute Gasteiger partial charge is 0.358 e. The van der Waals surface area contributed by atoms with Gasteiger partial charge < -0.3 is 4.90 Å². The standard InChI is InChI=1S/C14H13N3O/c1-17(8-4-7-15)14-12(10-18)9-11-5-2-3-6-13(11)16-14/h2-3,5-6,9-10H,4,8H2,1H3. The zero-order valence-corrected chi connectivity index (χ0v) is 10.1. The maximum absolute atomic E-state index is 11.1. The van der Waals surface area contributed by atoms with Crippen molar-refractivity contribution in [1.82, 2.24) is 4.98 Å². The lowest BCUT2D eigenvalue weighted by Crippen LogP contribution is -2.21. The molecule has 0 aliphatic heterocycles. The lowest BCUT2D eigenvalue weighted by Gasteiger charge is -2.18. The van der Waals surface area contributed by atoms with Crippen molar-refractivity contribution in [3.05, 3.63) is 35.9 Å². The topological polar surface area (TPSA) is 57.0 Å². The number of hydrogen-bond acceptors (Lipinski definition) is 4. The molecule has 4 nitrogen and oxygen atoms in total. The molecule has 0 saturated carbocycles. The number of benzene rings is 1. The Morgan fingerprint density at radius 3 is 2.94 bits per heavy atom. The maximum atomic E-state index is 11.1. The summed E-state index contributed by atoms with van der Waals surface area (Å²) in [6.45, 7) is 0.558. The van der Waals surface area contributed by atoms with Crippen molar-refractivity contribution in [2.75, 3.05) is 18.5 Å². The number of pyridine rings is 1. The van der Waals surface area contributed by atoms with E-state index in [1.165, 1.54) is 0 Å². The summed E-state index contributed by atoms with van der Waals surface area (Å²) in [5, 5.41) is 9.54. The van der Waals surface area contributed by atoms with Crippen LogP contribution in [0.25, 0.3) is 10.9 Å². The van der Waals surface area contributed by atoms with Crippen molar-refractivity contribution < 1.29 is 4.79 Å². The number of aromatic nitrogens is 1. The fourth-order valence-electron chi connectivity index (χ4n) is 1.84. The summed E-state index contributed by atoms with van der Waals surface area (Å²) in [6.07, 6.45) is 1.21. The van der Waals surface area contributed by atoms with Crippen LogP contribution in [0.5, 0.6) is 0 Å². The molecule has 0 spiro atoms. The van der Waals surface area contributed by atoms with Crippen LogP contribution in [0.1, 0.15) is 16.8 Å². The van der Waals surface area contributed by atoms with Crippen LogP contribution >= 0.6 is 0 Å². The maximum Gasteiger partial charge on any atom is 0.153 e. The molecule has 0 radical (unpaired) electrons. The highest BCUT2D eigenvalue weighted by molar-refractivity contribution is 5.91. The van der Waals surface area contributed by atoms with Crippen LogP contribution in [-0.4, -0.2) is 24.9 Å². The third-order valence-corrected chi connectivity index (χ3v) is 2.78. The van der Waals surface area contributed by atoms with Gasteiger partial charge in [0.2, 0.25) is 0 Å². The Bertz CT molecular complexity index is 616. The molecule has 0 atom stereocenters. The molecule has 2 aromatic rings. The smallest absolute Gasteiger partial charge is 0.153 e. The first kappa shape index (κ1) is 12.1. The van der Waals surface area contributed by atoms with E-state index in [4.69, 9.17) is 5.26 Å². The van der Waals surface area contributed by atoms with E-state index in [0.29, 0.717) is 24.3 Å². The minimum absolute atomic E-state index is 0.406. The number of rotatable bonds is 4. The van der Waals surface area contributed by atoms with E-state index < -0.39 is 0 Å². The van der Waals surface area contributed by atoms with Gasteiger partial charge >= 0.3 is 0 Å². The molecule has 4 heteroatoms. The monoisotopic (exact) mass is 239 g/mol. The van der Waals surface area contributed by atoms with Crippen LogP contribution in [0.2, 0.25) is 0 Å². The summed E-state index contributed by atoms with van der Waals surface area (Å²) in [4.78, 5) is 17.4.